The molecule has 0 spiro atoms. The average molecular weight is 475 g/mol. The molecular weight excluding hydrogens is 420 g/mol. The molecule has 0 aromatic carbocycles. The highest BCUT2D eigenvalue weighted by Crippen LogP contribution is 2.58. The lowest BCUT2D eigenvalue weighted by atomic mass is 9.48. The zero-order valence-corrected chi connectivity index (χ0v) is 23.2. The fourth-order valence-corrected chi connectivity index (χ4v) is 6.98. The van der Waals surface area contributed by atoms with E-state index in [1.54, 1.807) is 0 Å². The lowest BCUT2D eigenvalue weighted by Gasteiger charge is -2.55. The minimum atomic E-state index is -0.104. The number of ether oxygens (including phenoxy) is 1. The van der Waals surface area contributed by atoms with Gasteiger partial charge in [0, 0.05) is 18.3 Å². The van der Waals surface area contributed by atoms with Crippen LogP contribution in [0, 0.1) is 22.7 Å². The SMILES string of the molecule is CCCCCCCCCCCCCCCC(=O)OCC1C(C)=CC(=O)C2C(C)(C)CCCC12C. The van der Waals surface area contributed by atoms with Gasteiger partial charge in [-0.3, -0.25) is 9.59 Å². The molecular formula is C31H54O3. The molecule has 2 aliphatic rings. The van der Waals surface area contributed by atoms with E-state index >= 15 is 0 Å². The summed E-state index contributed by atoms with van der Waals surface area (Å²) in [6, 6.07) is 0. The summed E-state index contributed by atoms with van der Waals surface area (Å²) < 4.78 is 5.79. The number of carbonyl (C=O) groups excluding carboxylic acids is 2. The highest BCUT2D eigenvalue weighted by atomic mass is 16.5. The van der Waals surface area contributed by atoms with Crippen LogP contribution in [0.4, 0.5) is 0 Å². The molecule has 0 amide bonds. The van der Waals surface area contributed by atoms with Gasteiger partial charge in [0.25, 0.3) is 0 Å². The van der Waals surface area contributed by atoms with Crippen molar-refractivity contribution in [2.45, 2.75) is 144 Å². The van der Waals surface area contributed by atoms with E-state index in [1.165, 1.54) is 70.6 Å². The summed E-state index contributed by atoms with van der Waals surface area (Å²) in [4.78, 5) is 25.4. The van der Waals surface area contributed by atoms with Crippen molar-refractivity contribution in [1.29, 1.82) is 0 Å². The number of rotatable bonds is 16. The summed E-state index contributed by atoms with van der Waals surface area (Å²) >= 11 is 0. The minimum Gasteiger partial charge on any atom is -0.465 e. The van der Waals surface area contributed by atoms with E-state index in [4.69, 9.17) is 4.74 Å². The van der Waals surface area contributed by atoms with Crippen LogP contribution in [0.15, 0.2) is 11.6 Å². The quantitative estimate of drug-likeness (QED) is 0.165. The highest BCUT2D eigenvalue weighted by Gasteiger charge is 2.55. The van der Waals surface area contributed by atoms with Crippen LogP contribution in [0.3, 0.4) is 0 Å². The molecule has 0 aromatic rings. The number of esters is 1. The number of hydrogen-bond acceptors (Lipinski definition) is 3. The van der Waals surface area contributed by atoms with Gasteiger partial charge < -0.3 is 4.74 Å². The molecule has 2 rings (SSSR count). The Morgan fingerprint density at radius 3 is 1.97 bits per heavy atom. The summed E-state index contributed by atoms with van der Waals surface area (Å²) in [7, 11) is 0. The Hall–Kier alpha value is -1.12. The second kappa shape index (κ2) is 14.4. The van der Waals surface area contributed by atoms with Crippen molar-refractivity contribution in [2.24, 2.45) is 22.7 Å². The van der Waals surface area contributed by atoms with Gasteiger partial charge in [-0.1, -0.05) is 117 Å². The topological polar surface area (TPSA) is 43.4 Å². The molecule has 3 unspecified atom stereocenters. The van der Waals surface area contributed by atoms with Crippen molar-refractivity contribution in [2.75, 3.05) is 6.61 Å². The van der Waals surface area contributed by atoms with Crippen LogP contribution in [-0.2, 0) is 14.3 Å². The predicted molar refractivity (Wildman–Crippen MR) is 143 cm³/mol. The number of fused-ring (bicyclic) bond motifs is 1. The van der Waals surface area contributed by atoms with E-state index in [9.17, 15) is 9.59 Å². The van der Waals surface area contributed by atoms with Crippen LogP contribution in [0.25, 0.3) is 0 Å². The predicted octanol–water partition coefficient (Wildman–Crippen LogP) is 8.99. The van der Waals surface area contributed by atoms with Crippen LogP contribution in [0.2, 0.25) is 0 Å². The van der Waals surface area contributed by atoms with E-state index in [0.717, 1.165) is 37.7 Å². The van der Waals surface area contributed by atoms with Gasteiger partial charge in [0.2, 0.25) is 0 Å². The van der Waals surface area contributed by atoms with E-state index < -0.39 is 0 Å². The van der Waals surface area contributed by atoms with Gasteiger partial charge in [0.1, 0.15) is 0 Å². The molecule has 0 N–H and O–H groups in total. The lowest BCUT2D eigenvalue weighted by molar-refractivity contribution is -0.150. The zero-order valence-electron chi connectivity index (χ0n) is 23.2. The van der Waals surface area contributed by atoms with E-state index in [0.29, 0.717) is 13.0 Å². The molecule has 3 nitrogen and oxygen atoms in total. The van der Waals surface area contributed by atoms with Gasteiger partial charge in [0.05, 0.1) is 6.61 Å². The normalized spacial score (nSPS) is 26.1. The van der Waals surface area contributed by atoms with Crippen LogP contribution in [0.5, 0.6) is 0 Å². The standard InChI is InChI=1S/C31H54O3/c1-6-7-8-9-10-11-12-13-14-15-16-17-18-20-28(33)34-24-26-25(2)23-27(32)29-30(3,4)21-19-22-31(26,29)5/h23,26,29H,6-22,24H2,1-5H3. The molecule has 0 radical (unpaired) electrons. The fourth-order valence-electron chi connectivity index (χ4n) is 6.98. The van der Waals surface area contributed by atoms with Crippen molar-refractivity contribution in [3.8, 4) is 0 Å². The maximum atomic E-state index is 12.9. The second-order valence-corrected chi connectivity index (χ2v) is 12.3. The van der Waals surface area contributed by atoms with Crippen molar-refractivity contribution < 1.29 is 14.3 Å². The maximum absolute atomic E-state index is 12.9. The third-order valence-electron chi connectivity index (χ3n) is 8.87. The Morgan fingerprint density at radius 1 is 0.882 bits per heavy atom. The molecule has 34 heavy (non-hydrogen) atoms. The minimum absolute atomic E-state index is 0.0121. The first-order valence-corrected chi connectivity index (χ1v) is 14.6. The molecule has 0 saturated heterocycles. The van der Waals surface area contributed by atoms with Crippen molar-refractivity contribution in [3.63, 3.8) is 0 Å². The molecule has 1 fully saturated rings. The Labute approximate surface area is 210 Å². The Balaban J connectivity index is 1.60. The van der Waals surface area contributed by atoms with E-state index in [2.05, 4.69) is 27.7 Å². The third kappa shape index (κ3) is 8.52. The number of allylic oxidation sites excluding steroid dienone is 1. The molecule has 0 heterocycles. The van der Waals surface area contributed by atoms with Crippen LogP contribution >= 0.6 is 0 Å². The van der Waals surface area contributed by atoms with Gasteiger partial charge >= 0.3 is 5.97 Å². The monoisotopic (exact) mass is 474 g/mol. The first-order chi connectivity index (χ1) is 16.2. The van der Waals surface area contributed by atoms with Crippen LogP contribution < -0.4 is 0 Å². The molecule has 1 saturated carbocycles. The van der Waals surface area contributed by atoms with Crippen molar-refractivity contribution >= 4 is 11.8 Å². The molecule has 0 bridgehead atoms. The van der Waals surface area contributed by atoms with Gasteiger partial charge in [-0.05, 0) is 43.1 Å². The molecule has 3 heteroatoms. The van der Waals surface area contributed by atoms with Gasteiger partial charge in [-0.25, -0.2) is 0 Å². The molecule has 3 atom stereocenters. The first kappa shape index (κ1) is 29.1. The Morgan fingerprint density at radius 2 is 1.41 bits per heavy atom. The zero-order chi connectivity index (χ0) is 25.0. The lowest BCUT2D eigenvalue weighted by Crippen LogP contribution is -2.53. The number of hydrogen-bond donors (Lipinski definition) is 0. The summed E-state index contributed by atoms with van der Waals surface area (Å²) in [5.41, 5.74) is 1.00. The Bertz CT molecular complexity index is 662. The number of unbranched alkanes of at least 4 members (excludes halogenated alkanes) is 12. The van der Waals surface area contributed by atoms with Gasteiger partial charge in [-0.2, -0.15) is 0 Å². The number of ketones is 1. The van der Waals surface area contributed by atoms with Crippen LogP contribution in [0.1, 0.15) is 144 Å². The van der Waals surface area contributed by atoms with Crippen molar-refractivity contribution in [3.05, 3.63) is 11.6 Å². The molecule has 0 aromatic heterocycles. The number of carbonyl (C=O) groups is 2. The summed E-state index contributed by atoms with van der Waals surface area (Å²) in [5, 5.41) is 0. The summed E-state index contributed by atoms with van der Waals surface area (Å²) in [6.07, 6.45) is 22.7. The third-order valence-corrected chi connectivity index (χ3v) is 8.87. The van der Waals surface area contributed by atoms with E-state index in [1.807, 2.05) is 13.0 Å². The molecule has 2 aliphatic carbocycles. The fraction of sp³-hybridized carbons (Fsp3) is 0.871. The molecule has 0 aliphatic heterocycles. The van der Waals surface area contributed by atoms with Gasteiger partial charge in [0.15, 0.2) is 5.78 Å². The summed E-state index contributed by atoms with van der Waals surface area (Å²) in [6.45, 7) is 11.5. The smallest absolute Gasteiger partial charge is 0.305 e. The van der Waals surface area contributed by atoms with Gasteiger partial charge in [-0.15, -0.1) is 0 Å². The maximum Gasteiger partial charge on any atom is 0.305 e. The first-order valence-electron chi connectivity index (χ1n) is 14.6. The highest BCUT2D eigenvalue weighted by molar-refractivity contribution is 5.95. The second-order valence-electron chi connectivity index (χ2n) is 12.3. The Kier molecular flexibility index (Phi) is 12.4. The average Bonchev–Trinajstić information content (AvgIpc) is 2.75. The molecule has 196 valence electrons. The van der Waals surface area contributed by atoms with Crippen molar-refractivity contribution in [1.82, 2.24) is 0 Å². The summed E-state index contributed by atoms with van der Waals surface area (Å²) in [5.74, 6) is 0.398. The van der Waals surface area contributed by atoms with E-state index in [-0.39, 0.29) is 34.4 Å². The largest absolute Gasteiger partial charge is 0.465 e. The van der Waals surface area contributed by atoms with Crippen LogP contribution in [-0.4, -0.2) is 18.4 Å².